The minimum absolute atomic E-state index is 0.183. The molecule has 1 unspecified atom stereocenters. The van der Waals surface area contributed by atoms with Crippen molar-refractivity contribution in [3.8, 4) is 0 Å². The van der Waals surface area contributed by atoms with Gasteiger partial charge in [-0.25, -0.2) is 8.78 Å². The van der Waals surface area contributed by atoms with Crippen molar-refractivity contribution in [2.75, 3.05) is 0 Å². The lowest BCUT2D eigenvalue weighted by atomic mass is 9.89. The maximum Gasteiger partial charge on any atom is 0.285 e. The first-order valence-electron chi connectivity index (χ1n) is 4.22. The number of hydrogen-bond acceptors (Lipinski definition) is 0. The van der Waals surface area contributed by atoms with Gasteiger partial charge in [-0.1, -0.05) is 40.2 Å². The average Bonchev–Trinajstić information content (AvgIpc) is 2.13. The van der Waals surface area contributed by atoms with Gasteiger partial charge in [-0.2, -0.15) is 0 Å². The Hall–Kier alpha value is -0.440. The molecular weight excluding hydrogens is 238 g/mol. The zero-order valence-electron chi connectivity index (χ0n) is 6.93. The molecular formula is C10H9BrF2. The molecule has 1 aliphatic rings. The number of fused-ring (bicyclic) bond motifs is 1. The summed E-state index contributed by atoms with van der Waals surface area (Å²) in [5.74, 6) is -2.71. The molecule has 1 atom stereocenters. The Morgan fingerprint density at radius 1 is 1.31 bits per heavy atom. The van der Waals surface area contributed by atoms with Crippen molar-refractivity contribution in [1.82, 2.24) is 0 Å². The van der Waals surface area contributed by atoms with Gasteiger partial charge in [-0.05, 0) is 18.4 Å². The van der Waals surface area contributed by atoms with E-state index in [2.05, 4.69) is 15.9 Å². The summed E-state index contributed by atoms with van der Waals surface area (Å²) in [6, 6.07) is 6.77. The molecule has 0 saturated carbocycles. The molecule has 0 nitrogen and oxygen atoms in total. The van der Waals surface area contributed by atoms with E-state index in [1.165, 1.54) is 6.07 Å². The van der Waals surface area contributed by atoms with Crippen molar-refractivity contribution in [3.05, 3.63) is 35.4 Å². The summed E-state index contributed by atoms with van der Waals surface area (Å²) in [4.78, 5) is -0.713. The Kier molecular flexibility index (Phi) is 2.14. The minimum Gasteiger partial charge on any atom is -0.200 e. The highest BCUT2D eigenvalue weighted by Gasteiger charge is 2.43. The number of alkyl halides is 3. The van der Waals surface area contributed by atoms with E-state index in [0.717, 1.165) is 12.0 Å². The van der Waals surface area contributed by atoms with Gasteiger partial charge in [0.25, 0.3) is 5.92 Å². The summed E-state index contributed by atoms with van der Waals surface area (Å²) >= 11 is 3.03. The summed E-state index contributed by atoms with van der Waals surface area (Å²) in [7, 11) is 0. The van der Waals surface area contributed by atoms with E-state index in [4.69, 9.17) is 0 Å². The lowest BCUT2D eigenvalue weighted by Crippen LogP contribution is -2.31. The molecule has 0 aromatic heterocycles. The SMILES string of the molecule is FC1(F)c2ccccc2CCC1Br. The molecule has 13 heavy (non-hydrogen) atoms. The predicted molar refractivity (Wildman–Crippen MR) is 51.4 cm³/mol. The second kappa shape index (κ2) is 3.05. The number of rotatable bonds is 0. The number of halogens is 3. The summed E-state index contributed by atoms with van der Waals surface area (Å²) in [5.41, 5.74) is 0.964. The molecule has 0 amide bonds. The van der Waals surface area contributed by atoms with Gasteiger partial charge in [-0.3, -0.25) is 0 Å². The van der Waals surface area contributed by atoms with Gasteiger partial charge in [0, 0.05) is 5.56 Å². The molecule has 0 N–H and O–H groups in total. The first-order chi connectivity index (χ1) is 6.12. The maximum absolute atomic E-state index is 13.5. The summed E-state index contributed by atoms with van der Waals surface area (Å²) in [5, 5.41) is 0. The largest absolute Gasteiger partial charge is 0.285 e. The van der Waals surface area contributed by atoms with Crippen LogP contribution in [-0.2, 0) is 12.3 Å². The minimum atomic E-state index is -2.71. The van der Waals surface area contributed by atoms with Crippen LogP contribution in [0.5, 0.6) is 0 Å². The lowest BCUT2D eigenvalue weighted by Gasteiger charge is -2.29. The molecule has 0 saturated heterocycles. The van der Waals surface area contributed by atoms with Crippen molar-refractivity contribution in [1.29, 1.82) is 0 Å². The van der Waals surface area contributed by atoms with Gasteiger partial charge in [0.15, 0.2) is 0 Å². The molecule has 3 heteroatoms. The maximum atomic E-state index is 13.5. The van der Waals surface area contributed by atoms with Gasteiger partial charge in [0.05, 0.1) is 4.83 Å². The summed E-state index contributed by atoms with van der Waals surface area (Å²) < 4.78 is 27.1. The van der Waals surface area contributed by atoms with E-state index >= 15 is 0 Å². The van der Waals surface area contributed by atoms with Crippen molar-refractivity contribution in [3.63, 3.8) is 0 Å². The van der Waals surface area contributed by atoms with Crippen molar-refractivity contribution in [2.24, 2.45) is 0 Å². The summed E-state index contributed by atoms with van der Waals surface area (Å²) in [6.07, 6.45) is 1.24. The van der Waals surface area contributed by atoms with Gasteiger partial charge >= 0.3 is 0 Å². The van der Waals surface area contributed by atoms with Gasteiger partial charge in [0.1, 0.15) is 0 Å². The Balaban J connectivity index is 2.52. The van der Waals surface area contributed by atoms with E-state index in [0.29, 0.717) is 6.42 Å². The number of hydrogen-bond donors (Lipinski definition) is 0. The van der Waals surface area contributed by atoms with Gasteiger partial charge in [0.2, 0.25) is 0 Å². The van der Waals surface area contributed by atoms with Gasteiger partial charge in [-0.15, -0.1) is 0 Å². The van der Waals surface area contributed by atoms with E-state index in [1.54, 1.807) is 12.1 Å². The molecule has 1 aliphatic carbocycles. The molecule has 1 aromatic rings. The first kappa shape index (κ1) is 9.13. The highest BCUT2D eigenvalue weighted by molar-refractivity contribution is 9.09. The van der Waals surface area contributed by atoms with Crippen LogP contribution >= 0.6 is 15.9 Å². The number of aryl methyl sites for hydroxylation is 1. The molecule has 0 radical (unpaired) electrons. The van der Waals surface area contributed by atoms with E-state index in [1.807, 2.05) is 6.07 Å². The quantitative estimate of drug-likeness (QED) is 0.615. The van der Waals surface area contributed by atoms with E-state index < -0.39 is 10.7 Å². The normalized spacial score (nSPS) is 25.3. The van der Waals surface area contributed by atoms with Crippen LogP contribution in [0.1, 0.15) is 17.5 Å². The van der Waals surface area contributed by atoms with E-state index in [-0.39, 0.29) is 5.56 Å². The fourth-order valence-corrected chi connectivity index (χ4v) is 2.17. The highest BCUT2D eigenvalue weighted by atomic mass is 79.9. The second-order valence-electron chi connectivity index (χ2n) is 3.29. The molecule has 0 bridgehead atoms. The van der Waals surface area contributed by atoms with Crippen LogP contribution in [0.4, 0.5) is 8.78 Å². The zero-order valence-corrected chi connectivity index (χ0v) is 8.52. The van der Waals surface area contributed by atoms with Crippen LogP contribution in [0.3, 0.4) is 0 Å². The Morgan fingerprint density at radius 2 is 2.00 bits per heavy atom. The van der Waals surface area contributed by atoms with Crippen molar-refractivity contribution >= 4 is 15.9 Å². The Morgan fingerprint density at radius 3 is 2.77 bits per heavy atom. The topological polar surface area (TPSA) is 0 Å². The molecule has 0 heterocycles. The molecule has 2 rings (SSSR count). The predicted octanol–water partition coefficient (Wildman–Crippen LogP) is 3.49. The third kappa shape index (κ3) is 1.39. The van der Waals surface area contributed by atoms with E-state index in [9.17, 15) is 8.78 Å². The van der Waals surface area contributed by atoms with Crippen LogP contribution < -0.4 is 0 Å². The first-order valence-corrected chi connectivity index (χ1v) is 5.14. The Bertz CT molecular complexity index is 322. The van der Waals surface area contributed by atoms with Crippen LogP contribution in [0.25, 0.3) is 0 Å². The van der Waals surface area contributed by atoms with Gasteiger partial charge < -0.3 is 0 Å². The smallest absolute Gasteiger partial charge is 0.200 e. The van der Waals surface area contributed by atoms with Crippen LogP contribution in [0, 0.1) is 0 Å². The third-order valence-electron chi connectivity index (χ3n) is 2.44. The Labute approximate surface area is 84.1 Å². The second-order valence-corrected chi connectivity index (χ2v) is 4.39. The molecule has 0 fully saturated rings. The third-order valence-corrected chi connectivity index (χ3v) is 3.47. The fourth-order valence-electron chi connectivity index (χ4n) is 1.70. The monoisotopic (exact) mass is 246 g/mol. The van der Waals surface area contributed by atoms with Crippen LogP contribution in [0.2, 0.25) is 0 Å². The highest BCUT2D eigenvalue weighted by Crippen LogP contribution is 2.43. The summed E-state index contributed by atoms with van der Waals surface area (Å²) in [6.45, 7) is 0. The lowest BCUT2D eigenvalue weighted by molar-refractivity contribution is -0.0126. The average molecular weight is 247 g/mol. The molecule has 0 spiro atoms. The van der Waals surface area contributed by atoms with Crippen LogP contribution in [-0.4, -0.2) is 4.83 Å². The molecule has 70 valence electrons. The standard InChI is InChI=1S/C10H9BrF2/c11-9-6-5-7-3-1-2-4-8(7)10(9,12)13/h1-4,9H,5-6H2. The molecule has 0 aliphatic heterocycles. The fraction of sp³-hybridized carbons (Fsp3) is 0.400. The zero-order chi connectivity index (χ0) is 9.47. The van der Waals surface area contributed by atoms with Crippen molar-refractivity contribution < 1.29 is 8.78 Å². The number of benzene rings is 1. The van der Waals surface area contributed by atoms with Crippen LogP contribution in [0.15, 0.2) is 24.3 Å². The van der Waals surface area contributed by atoms with Crippen molar-refractivity contribution in [2.45, 2.75) is 23.6 Å². The molecule has 1 aromatic carbocycles.